The zero-order valence-electron chi connectivity index (χ0n) is 11.3. The van der Waals surface area contributed by atoms with Gasteiger partial charge in [0.1, 0.15) is 0 Å². The summed E-state index contributed by atoms with van der Waals surface area (Å²) < 4.78 is 13.6. The average Bonchev–Trinajstić information content (AvgIpc) is 2.33. The molecule has 1 saturated heterocycles. The number of hydrogen-bond donors (Lipinski definition) is 0. The molecule has 19 heavy (non-hydrogen) atoms. The first-order valence-electron chi connectivity index (χ1n) is 6.67. The van der Waals surface area contributed by atoms with Gasteiger partial charge in [0.05, 0.1) is 4.92 Å². The zero-order valence-corrected chi connectivity index (χ0v) is 11.3. The van der Waals surface area contributed by atoms with Gasteiger partial charge in [-0.05, 0) is 38.3 Å². The molecule has 0 bridgehead atoms. The highest BCUT2D eigenvalue weighted by molar-refractivity contribution is 5.35. The third-order valence-corrected chi connectivity index (χ3v) is 3.95. The molecule has 0 amide bonds. The second-order valence-electron chi connectivity index (χ2n) is 5.34. The van der Waals surface area contributed by atoms with E-state index in [4.69, 9.17) is 0 Å². The van der Waals surface area contributed by atoms with Crippen LogP contribution in [-0.4, -0.2) is 21.9 Å². The minimum atomic E-state index is -0.750. The van der Waals surface area contributed by atoms with E-state index >= 15 is 0 Å². The van der Waals surface area contributed by atoms with E-state index in [-0.39, 0.29) is 0 Å². The van der Waals surface area contributed by atoms with Crippen molar-refractivity contribution in [2.75, 3.05) is 0 Å². The summed E-state index contributed by atoms with van der Waals surface area (Å²) in [7, 11) is 0. The minimum absolute atomic E-state index is 0.455. The molecule has 1 aliphatic rings. The third-order valence-electron chi connectivity index (χ3n) is 3.95. The lowest BCUT2D eigenvalue weighted by Crippen LogP contribution is -2.42. The van der Waals surface area contributed by atoms with Gasteiger partial charge in [-0.1, -0.05) is 12.5 Å². The van der Waals surface area contributed by atoms with Crippen molar-refractivity contribution in [3.63, 3.8) is 0 Å². The van der Waals surface area contributed by atoms with Crippen LogP contribution in [-0.2, 0) is 6.54 Å². The van der Waals surface area contributed by atoms with Gasteiger partial charge in [0.25, 0.3) is 0 Å². The summed E-state index contributed by atoms with van der Waals surface area (Å²) in [5.74, 6) is -0.750. The normalized spacial score (nSPS) is 24.4. The van der Waals surface area contributed by atoms with E-state index in [9.17, 15) is 14.5 Å². The number of benzene rings is 1. The average molecular weight is 266 g/mol. The van der Waals surface area contributed by atoms with Crippen molar-refractivity contribution >= 4 is 5.69 Å². The molecule has 1 aliphatic heterocycles. The van der Waals surface area contributed by atoms with E-state index in [1.165, 1.54) is 18.6 Å². The van der Waals surface area contributed by atoms with Crippen LogP contribution in [0.5, 0.6) is 0 Å². The number of halogens is 1. The lowest BCUT2D eigenvalue weighted by molar-refractivity contribution is -0.387. The Labute approximate surface area is 112 Å². The lowest BCUT2D eigenvalue weighted by atomic mass is 9.96. The smallest absolute Gasteiger partial charge is 0.294 e. The molecule has 0 saturated carbocycles. The Bertz CT molecular complexity index is 469. The fourth-order valence-electron chi connectivity index (χ4n) is 2.79. The molecule has 0 aliphatic carbocycles. The van der Waals surface area contributed by atoms with Gasteiger partial charge in [0, 0.05) is 24.7 Å². The van der Waals surface area contributed by atoms with Gasteiger partial charge in [0.15, 0.2) is 0 Å². The molecule has 1 fully saturated rings. The van der Waals surface area contributed by atoms with Gasteiger partial charge >= 0.3 is 5.69 Å². The Morgan fingerprint density at radius 2 is 2.00 bits per heavy atom. The second kappa shape index (κ2) is 5.65. The van der Waals surface area contributed by atoms with Crippen LogP contribution in [0, 0.1) is 15.9 Å². The van der Waals surface area contributed by atoms with Crippen LogP contribution in [0.1, 0.15) is 38.7 Å². The Balaban J connectivity index is 2.14. The highest BCUT2D eigenvalue weighted by Crippen LogP contribution is 2.26. The SMILES string of the molecule is CC1CCCC(C)N1Cc1ccc([N+](=O)[O-])c(F)c1. The Morgan fingerprint density at radius 1 is 1.37 bits per heavy atom. The summed E-state index contributed by atoms with van der Waals surface area (Å²) in [4.78, 5) is 12.2. The second-order valence-corrected chi connectivity index (χ2v) is 5.34. The molecule has 0 N–H and O–H groups in total. The number of nitro groups is 1. The predicted octanol–water partition coefficient (Wildman–Crippen LogP) is 3.50. The number of hydrogen-bond acceptors (Lipinski definition) is 3. The van der Waals surface area contributed by atoms with Gasteiger partial charge in [-0.15, -0.1) is 0 Å². The van der Waals surface area contributed by atoms with E-state index in [1.807, 2.05) is 0 Å². The first kappa shape index (κ1) is 13.9. The molecule has 2 rings (SSSR count). The van der Waals surface area contributed by atoms with Crippen molar-refractivity contribution in [2.24, 2.45) is 0 Å². The summed E-state index contributed by atoms with van der Waals surface area (Å²) in [5, 5.41) is 10.6. The van der Waals surface area contributed by atoms with Crippen molar-refractivity contribution in [1.82, 2.24) is 4.90 Å². The van der Waals surface area contributed by atoms with Crippen LogP contribution in [0.2, 0.25) is 0 Å². The summed E-state index contributed by atoms with van der Waals surface area (Å²) in [6.07, 6.45) is 3.53. The molecule has 2 atom stereocenters. The van der Waals surface area contributed by atoms with Crippen molar-refractivity contribution in [3.05, 3.63) is 39.7 Å². The van der Waals surface area contributed by atoms with Crippen molar-refractivity contribution in [3.8, 4) is 0 Å². The van der Waals surface area contributed by atoms with E-state index < -0.39 is 16.4 Å². The largest absolute Gasteiger partial charge is 0.304 e. The van der Waals surface area contributed by atoms with Crippen LogP contribution in [0.3, 0.4) is 0 Å². The lowest BCUT2D eigenvalue weighted by Gasteiger charge is -2.39. The first-order chi connectivity index (χ1) is 8.99. The first-order valence-corrected chi connectivity index (χ1v) is 6.67. The predicted molar refractivity (Wildman–Crippen MR) is 71.4 cm³/mol. The van der Waals surface area contributed by atoms with Crippen molar-refractivity contribution < 1.29 is 9.31 Å². The fraction of sp³-hybridized carbons (Fsp3) is 0.571. The van der Waals surface area contributed by atoms with Gasteiger partial charge in [0.2, 0.25) is 5.82 Å². The van der Waals surface area contributed by atoms with Crippen LogP contribution >= 0.6 is 0 Å². The Hall–Kier alpha value is -1.49. The van der Waals surface area contributed by atoms with E-state index in [1.54, 1.807) is 6.07 Å². The molecule has 1 aromatic rings. The van der Waals surface area contributed by atoms with Crippen LogP contribution in [0.15, 0.2) is 18.2 Å². The standard InChI is InChI=1S/C14H19FN2O2/c1-10-4-3-5-11(2)16(10)9-12-6-7-14(17(18)19)13(15)8-12/h6-8,10-11H,3-5,9H2,1-2H3. The van der Waals surface area contributed by atoms with Crippen LogP contribution in [0.4, 0.5) is 10.1 Å². The maximum absolute atomic E-state index is 13.6. The van der Waals surface area contributed by atoms with E-state index in [2.05, 4.69) is 18.7 Å². The summed E-state index contributed by atoms with van der Waals surface area (Å²) >= 11 is 0. The molecular formula is C14H19FN2O2. The van der Waals surface area contributed by atoms with Crippen LogP contribution < -0.4 is 0 Å². The van der Waals surface area contributed by atoms with Crippen LogP contribution in [0.25, 0.3) is 0 Å². The number of likely N-dealkylation sites (tertiary alicyclic amines) is 1. The quantitative estimate of drug-likeness (QED) is 0.621. The van der Waals surface area contributed by atoms with Gasteiger partial charge in [-0.3, -0.25) is 15.0 Å². The molecule has 5 heteroatoms. The zero-order chi connectivity index (χ0) is 14.0. The molecular weight excluding hydrogens is 247 g/mol. The third kappa shape index (κ3) is 3.10. The highest BCUT2D eigenvalue weighted by atomic mass is 19.1. The topological polar surface area (TPSA) is 46.4 Å². The fourth-order valence-corrected chi connectivity index (χ4v) is 2.79. The molecule has 0 radical (unpaired) electrons. The van der Waals surface area contributed by atoms with E-state index in [0.29, 0.717) is 18.6 Å². The maximum Gasteiger partial charge on any atom is 0.304 e. The van der Waals surface area contributed by atoms with Crippen molar-refractivity contribution in [2.45, 2.75) is 51.7 Å². The highest BCUT2D eigenvalue weighted by Gasteiger charge is 2.25. The van der Waals surface area contributed by atoms with Gasteiger partial charge in [-0.25, -0.2) is 0 Å². The number of rotatable bonds is 3. The maximum atomic E-state index is 13.6. The monoisotopic (exact) mass is 266 g/mol. The molecule has 2 unspecified atom stereocenters. The van der Waals surface area contributed by atoms with E-state index in [0.717, 1.165) is 18.4 Å². The number of piperidine rings is 1. The molecule has 0 aromatic heterocycles. The summed E-state index contributed by atoms with van der Waals surface area (Å²) in [6, 6.07) is 5.13. The Morgan fingerprint density at radius 3 is 2.53 bits per heavy atom. The minimum Gasteiger partial charge on any atom is -0.294 e. The summed E-state index contributed by atoms with van der Waals surface area (Å²) in [6.45, 7) is 5.01. The van der Waals surface area contributed by atoms with Gasteiger partial charge < -0.3 is 0 Å². The molecule has 1 heterocycles. The molecule has 104 valence electrons. The summed E-state index contributed by atoms with van der Waals surface area (Å²) in [5.41, 5.74) is 0.340. The van der Waals surface area contributed by atoms with Gasteiger partial charge in [-0.2, -0.15) is 4.39 Å². The number of nitro benzene ring substituents is 1. The number of nitrogens with zero attached hydrogens (tertiary/aromatic N) is 2. The Kier molecular flexibility index (Phi) is 4.14. The molecule has 4 nitrogen and oxygen atoms in total. The molecule has 0 spiro atoms. The molecule has 1 aromatic carbocycles. The van der Waals surface area contributed by atoms with Crippen molar-refractivity contribution in [1.29, 1.82) is 0 Å².